The first-order valence-corrected chi connectivity index (χ1v) is 8.09. The molecule has 1 aliphatic heterocycles. The van der Waals surface area contributed by atoms with Gasteiger partial charge in [-0.15, -0.1) is 0 Å². The Hall–Kier alpha value is -2.86. The average molecular weight is 337 g/mol. The van der Waals surface area contributed by atoms with Crippen LogP contribution in [0.15, 0.2) is 46.0 Å². The molecule has 1 aromatic heterocycles. The van der Waals surface area contributed by atoms with E-state index in [1.165, 1.54) is 14.1 Å². The lowest BCUT2D eigenvalue weighted by Gasteiger charge is -2.35. The summed E-state index contributed by atoms with van der Waals surface area (Å²) in [6.45, 7) is 0. The summed E-state index contributed by atoms with van der Waals surface area (Å²) in [5, 5.41) is 15.0. The molecule has 1 atom stereocenters. The van der Waals surface area contributed by atoms with E-state index in [1.54, 1.807) is 0 Å². The molecule has 25 heavy (non-hydrogen) atoms. The lowest BCUT2D eigenvalue weighted by molar-refractivity contribution is -0.281. The molecule has 0 unspecified atom stereocenters. The highest BCUT2D eigenvalue weighted by Gasteiger charge is 2.44. The molecule has 6 heteroatoms. The molecule has 6 nitrogen and oxygen atoms in total. The van der Waals surface area contributed by atoms with Gasteiger partial charge in [0.25, 0.3) is 5.56 Å². The zero-order chi connectivity index (χ0) is 18.1. The molecule has 0 amide bonds. The topological polar surface area (TPSA) is 67.1 Å². The van der Waals surface area contributed by atoms with E-state index in [0.29, 0.717) is 4.48 Å². The maximum absolute atomic E-state index is 12.8. The third-order valence-electron chi connectivity index (χ3n) is 5.39. The van der Waals surface area contributed by atoms with Gasteiger partial charge in [0.1, 0.15) is 5.69 Å². The fraction of sp³-hybridized carbons (Fsp3) is 0.263. The second-order valence-electron chi connectivity index (χ2n) is 7.09. The Morgan fingerprint density at radius 1 is 1.00 bits per heavy atom. The first-order valence-electron chi connectivity index (χ1n) is 8.09. The molecule has 0 fully saturated rings. The third kappa shape index (κ3) is 1.83. The number of aromatic nitrogens is 2. The second-order valence-corrected chi connectivity index (χ2v) is 7.09. The summed E-state index contributed by atoms with van der Waals surface area (Å²) in [6, 6.07) is 11.5. The Morgan fingerprint density at radius 2 is 1.64 bits per heavy atom. The van der Waals surface area contributed by atoms with E-state index in [9.17, 15) is 14.7 Å². The normalized spacial score (nSPS) is 18.0. The molecule has 0 saturated carbocycles. The molecule has 0 bridgehead atoms. The second kappa shape index (κ2) is 4.83. The maximum atomic E-state index is 12.8. The minimum atomic E-state index is -0.599. The Bertz CT molecular complexity index is 1150. The van der Waals surface area contributed by atoms with Gasteiger partial charge in [0, 0.05) is 19.7 Å². The molecular formula is C19H19N3O3. The van der Waals surface area contributed by atoms with Crippen molar-refractivity contribution in [3.8, 4) is 5.88 Å². The Kier molecular flexibility index (Phi) is 3.02. The van der Waals surface area contributed by atoms with Crippen LogP contribution in [-0.2, 0) is 14.1 Å². The number of rotatable bonds is 1. The molecule has 1 aliphatic rings. The monoisotopic (exact) mass is 337 g/mol. The highest BCUT2D eigenvalue weighted by molar-refractivity contribution is 5.99. The number of hydrogen-bond acceptors (Lipinski definition) is 3. The Morgan fingerprint density at radius 3 is 2.32 bits per heavy atom. The zero-order valence-corrected chi connectivity index (χ0v) is 14.6. The summed E-state index contributed by atoms with van der Waals surface area (Å²) in [5.74, 6) is -0.519. The predicted molar refractivity (Wildman–Crippen MR) is 95.8 cm³/mol. The fourth-order valence-corrected chi connectivity index (χ4v) is 4.11. The highest BCUT2D eigenvalue weighted by atomic mass is 16.3. The number of hydrogen-bond donors (Lipinski definition) is 0. The molecular weight excluding hydrogens is 318 g/mol. The van der Waals surface area contributed by atoms with Crippen LogP contribution in [0, 0.1) is 0 Å². The molecule has 4 rings (SSSR count). The largest absolute Gasteiger partial charge is 0.859 e. The summed E-state index contributed by atoms with van der Waals surface area (Å²) in [6.07, 6.45) is 0. The molecule has 2 aromatic carbocycles. The SMILES string of the molecule is Cn1c([O-])c([C@@H]2c3cccc4cccc(c34)[N+]2(C)C)c(=O)n(C)c1=O. The summed E-state index contributed by atoms with van der Waals surface area (Å²) in [5.41, 5.74) is 1.03. The van der Waals surface area contributed by atoms with Crippen LogP contribution in [0.4, 0.5) is 5.69 Å². The van der Waals surface area contributed by atoms with Crippen LogP contribution in [0.1, 0.15) is 17.2 Å². The predicted octanol–water partition coefficient (Wildman–Crippen LogP) is 0.981. The molecule has 0 N–H and O–H groups in total. The minimum absolute atomic E-state index is 0.137. The molecule has 128 valence electrons. The number of quaternary nitrogens is 1. The lowest BCUT2D eigenvalue weighted by Crippen LogP contribution is -2.48. The van der Waals surface area contributed by atoms with Gasteiger partial charge >= 0.3 is 5.69 Å². The van der Waals surface area contributed by atoms with E-state index >= 15 is 0 Å². The van der Waals surface area contributed by atoms with Crippen LogP contribution in [0.5, 0.6) is 5.88 Å². The Labute approximate surface area is 144 Å². The molecule has 2 heterocycles. The van der Waals surface area contributed by atoms with E-state index < -0.39 is 23.2 Å². The summed E-state index contributed by atoms with van der Waals surface area (Å²) in [7, 11) is 6.80. The maximum Gasteiger partial charge on any atom is 0.329 e. The van der Waals surface area contributed by atoms with Gasteiger partial charge in [0.2, 0.25) is 0 Å². The molecule has 0 spiro atoms. The van der Waals surface area contributed by atoms with Crippen molar-refractivity contribution in [2.75, 3.05) is 14.1 Å². The van der Waals surface area contributed by atoms with Crippen molar-refractivity contribution in [1.29, 1.82) is 0 Å². The summed E-state index contributed by atoms with van der Waals surface area (Å²) < 4.78 is 2.39. The van der Waals surface area contributed by atoms with Crippen molar-refractivity contribution in [2.24, 2.45) is 14.1 Å². The van der Waals surface area contributed by atoms with Gasteiger partial charge in [-0.25, -0.2) is 4.79 Å². The van der Waals surface area contributed by atoms with Crippen molar-refractivity contribution in [3.05, 3.63) is 68.4 Å². The van der Waals surface area contributed by atoms with Gasteiger partial charge in [-0.1, -0.05) is 30.3 Å². The number of nitrogens with zero attached hydrogens (tertiary/aromatic N) is 3. The molecule has 3 aromatic rings. The van der Waals surface area contributed by atoms with Crippen LogP contribution < -0.4 is 20.8 Å². The van der Waals surface area contributed by atoms with Crippen molar-refractivity contribution in [3.63, 3.8) is 0 Å². The lowest BCUT2D eigenvalue weighted by atomic mass is 9.97. The first-order chi connectivity index (χ1) is 11.8. The molecule has 0 saturated heterocycles. The van der Waals surface area contributed by atoms with Gasteiger partial charge < -0.3 is 9.67 Å². The van der Waals surface area contributed by atoms with Crippen molar-refractivity contribution >= 4 is 16.5 Å². The van der Waals surface area contributed by atoms with E-state index in [-0.39, 0.29) is 5.56 Å². The van der Waals surface area contributed by atoms with Gasteiger partial charge in [-0.05, 0) is 17.3 Å². The van der Waals surface area contributed by atoms with Gasteiger partial charge in [-0.3, -0.25) is 13.8 Å². The molecule has 0 radical (unpaired) electrons. The van der Waals surface area contributed by atoms with E-state index in [2.05, 4.69) is 0 Å². The standard InChI is InChI=1S/C19H19N3O3/c1-20-17(23)15(18(24)21(2)19(20)25)16-12-9-5-7-11-8-6-10-13(14(11)12)22(16,3)4/h5-10,16H,1-4H3/t16-/m0/s1. The Balaban J connectivity index is 2.15. The third-order valence-corrected chi connectivity index (χ3v) is 5.39. The fourth-order valence-electron chi connectivity index (χ4n) is 4.11. The van der Waals surface area contributed by atoms with E-state index in [0.717, 1.165) is 31.2 Å². The van der Waals surface area contributed by atoms with Gasteiger partial charge in [0.15, 0.2) is 6.04 Å². The smallest absolute Gasteiger partial charge is 0.329 e. The minimum Gasteiger partial charge on any atom is -0.859 e. The van der Waals surface area contributed by atoms with Crippen LogP contribution in [-0.4, -0.2) is 23.2 Å². The van der Waals surface area contributed by atoms with Crippen molar-refractivity contribution in [2.45, 2.75) is 6.04 Å². The van der Waals surface area contributed by atoms with Crippen LogP contribution in [0.3, 0.4) is 0 Å². The molecule has 0 aliphatic carbocycles. The van der Waals surface area contributed by atoms with E-state index in [4.69, 9.17) is 0 Å². The summed E-state index contributed by atoms with van der Waals surface area (Å²) >= 11 is 0. The summed E-state index contributed by atoms with van der Waals surface area (Å²) in [4.78, 5) is 24.9. The van der Waals surface area contributed by atoms with Crippen LogP contribution >= 0.6 is 0 Å². The van der Waals surface area contributed by atoms with Gasteiger partial charge in [0.05, 0.1) is 25.0 Å². The van der Waals surface area contributed by atoms with E-state index in [1.807, 2.05) is 50.5 Å². The first kappa shape index (κ1) is 15.7. The highest BCUT2D eigenvalue weighted by Crippen LogP contribution is 2.50. The quantitative estimate of drug-likeness (QED) is 0.622. The van der Waals surface area contributed by atoms with Gasteiger partial charge in [-0.2, -0.15) is 0 Å². The van der Waals surface area contributed by atoms with Crippen LogP contribution in [0.25, 0.3) is 10.8 Å². The number of benzene rings is 2. The van der Waals surface area contributed by atoms with Crippen molar-refractivity contribution in [1.82, 2.24) is 13.6 Å². The average Bonchev–Trinajstić information content (AvgIpc) is 2.82. The van der Waals surface area contributed by atoms with Crippen molar-refractivity contribution < 1.29 is 5.11 Å². The zero-order valence-electron chi connectivity index (χ0n) is 14.6. The van der Waals surface area contributed by atoms with Crippen LogP contribution in [0.2, 0.25) is 0 Å².